The van der Waals surface area contributed by atoms with Gasteiger partial charge in [-0.15, -0.1) is 0 Å². The number of hydrogen-bond acceptors (Lipinski definition) is 24. The lowest BCUT2D eigenvalue weighted by Gasteiger charge is -2.42. The van der Waals surface area contributed by atoms with E-state index < -0.39 is 139 Å². The molecule has 0 saturated carbocycles. The van der Waals surface area contributed by atoms with Gasteiger partial charge >= 0.3 is 23.9 Å². The van der Waals surface area contributed by atoms with Crippen LogP contribution in [0.4, 0.5) is 0 Å². The molecule has 65 heavy (non-hydrogen) atoms. The fraction of sp³-hybridized carbons (Fsp3) is 0.514. The van der Waals surface area contributed by atoms with Gasteiger partial charge in [0.15, 0.2) is 42.7 Å². The summed E-state index contributed by atoms with van der Waals surface area (Å²) in [6.45, 7) is -4.49. The van der Waals surface area contributed by atoms with Crippen LogP contribution in [0.5, 0.6) is 28.7 Å². The summed E-state index contributed by atoms with van der Waals surface area (Å²) in [5.74, 6) is -3.72. The number of ether oxygens (including phenoxy) is 10. The monoisotopic (exact) mass is 926 g/mol. The van der Waals surface area contributed by atoms with Gasteiger partial charge in [-0.25, -0.2) is 0 Å². The van der Waals surface area contributed by atoms with E-state index in [1.165, 1.54) is 0 Å². The molecule has 0 aromatic heterocycles. The van der Waals surface area contributed by atoms with Crippen molar-refractivity contribution in [1.82, 2.24) is 0 Å². The number of hydrogen-bond donors (Lipinski definition) is 2. The molecule has 6 unspecified atom stereocenters. The Hall–Kier alpha value is -7.46. The second kappa shape index (κ2) is 22.8. The first-order chi connectivity index (χ1) is 30.8. The molecule has 0 amide bonds. The maximum absolute atomic E-state index is 12.3. The quantitative estimate of drug-likeness (QED) is 0.0784. The summed E-state index contributed by atoms with van der Waals surface area (Å²) in [6.07, 6.45) is -11.3. The number of fused-ring (bicyclic) bond motifs is 4. The predicted octanol–water partition coefficient (Wildman–Crippen LogP) is 0.376. The SMILES string of the molecule is COc1ccc2c(c1)OC1(O)COc3cc(OC)c(OC)cc3C1=C2.O=C(CC[N+](=O)[O-])OCC1OC(O)C(OC(=O)CC[N+](=O)[O-])C(OC(=O)CC[N+](=O)[O-])C1OC(=O)CC[N+](=O)[O-]. The molecule has 0 spiro atoms. The number of methoxy groups -OCH3 is 3. The Morgan fingerprint density at radius 2 is 1.20 bits per heavy atom. The van der Waals surface area contributed by atoms with E-state index in [4.69, 9.17) is 47.4 Å². The highest BCUT2D eigenvalue weighted by Gasteiger charge is 2.52. The second-order valence-corrected chi connectivity index (χ2v) is 13.7. The van der Waals surface area contributed by atoms with Crippen molar-refractivity contribution in [3.8, 4) is 28.7 Å². The first kappa shape index (κ1) is 50.2. The average Bonchev–Trinajstić information content (AvgIpc) is 3.26. The van der Waals surface area contributed by atoms with Crippen LogP contribution in [-0.2, 0) is 42.9 Å². The highest BCUT2D eigenvalue weighted by atomic mass is 16.7. The van der Waals surface area contributed by atoms with Crippen molar-refractivity contribution in [2.75, 3.05) is 60.7 Å². The third-order valence-electron chi connectivity index (χ3n) is 9.23. The Bertz CT molecular complexity index is 2170. The maximum atomic E-state index is 12.3. The zero-order chi connectivity index (χ0) is 48.0. The van der Waals surface area contributed by atoms with E-state index in [0.717, 1.165) is 5.56 Å². The van der Waals surface area contributed by atoms with Gasteiger partial charge < -0.3 is 57.6 Å². The lowest BCUT2D eigenvalue weighted by atomic mass is 9.90. The van der Waals surface area contributed by atoms with Crippen LogP contribution < -0.4 is 23.7 Å². The molecule has 354 valence electrons. The average molecular weight is 927 g/mol. The van der Waals surface area contributed by atoms with E-state index >= 15 is 0 Å². The highest BCUT2D eigenvalue weighted by molar-refractivity contribution is 5.92. The number of esters is 4. The number of carbonyl (C=O) groups excluding carboxylic acids is 4. The van der Waals surface area contributed by atoms with Crippen LogP contribution >= 0.6 is 0 Å². The van der Waals surface area contributed by atoms with Crippen LogP contribution in [0.1, 0.15) is 36.8 Å². The molecule has 1 fully saturated rings. The standard InChI is InChI=1S/C19H18O6.C18H24N4O18/c1-21-12-5-4-11-6-14-13-8-17(22-2)18(23-3)9-16(13)24-10-19(14,20)25-15(11)7-12;23-11(1-5-19(28)29)36-9-10-15(38-12(24)2-6-20(30)31)16(39-13(25)3-7-21(32)33)17(18(27)37-10)40-14(26)4-8-22(34)35/h4-9,20H,10H2,1-3H3;10,15-18,27H,1-9H2. The third kappa shape index (κ3) is 14.0. The molecular weight excluding hydrogens is 884 g/mol. The molecule has 1 saturated heterocycles. The van der Waals surface area contributed by atoms with Gasteiger partial charge in [0.1, 0.15) is 55.6 Å². The lowest BCUT2D eigenvalue weighted by molar-refractivity contribution is -0.479. The van der Waals surface area contributed by atoms with Crippen LogP contribution in [-0.4, -0.2) is 151 Å². The summed E-state index contributed by atoms with van der Waals surface area (Å²) in [7, 11) is 4.71. The van der Waals surface area contributed by atoms with Crippen molar-refractivity contribution in [2.45, 2.75) is 62.2 Å². The minimum Gasteiger partial charge on any atom is -0.497 e. The number of carbonyl (C=O) groups is 4. The molecule has 0 bridgehead atoms. The molecule has 5 rings (SSSR count). The summed E-state index contributed by atoms with van der Waals surface area (Å²) in [5, 5.41) is 63.7. The zero-order valence-electron chi connectivity index (χ0n) is 34.6. The van der Waals surface area contributed by atoms with Gasteiger partial charge in [0.2, 0.25) is 26.2 Å². The van der Waals surface area contributed by atoms with E-state index in [-0.39, 0.29) is 6.61 Å². The molecule has 2 aromatic rings. The Balaban J connectivity index is 0.000000313. The van der Waals surface area contributed by atoms with E-state index in [1.807, 2.05) is 18.2 Å². The van der Waals surface area contributed by atoms with Crippen LogP contribution in [0.3, 0.4) is 0 Å². The topological polar surface area (TPSA) is 374 Å². The van der Waals surface area contributed by atoms with E-state index in [2.05, 4.69) is 0 Å². The number of nitro groups is 4. The molecule has 3 aliphatic rings. The fourth-order valence-electron chi connectivity index (χ4n) is 6.16. The molecular formula is C37H42N4O24. The number of nitrogens with zero attached hydrogens (tertiary/aromatic N) is 4. The fourth-order valence-corrected chi connectivity index (χ4v) is 6.16. The molecule has 6 atom stereocenters. The van der Waals surface area contributed by atoms with Crippen molar-refractivity contribution in [3.63, 3.8) is 0 Å². The van der Waals surface area contributed by atoms with Gasteiger partial charge in [-0.05, 0) is 24.3 Å². The molecule has 3 aliphatic heterocycles. The summed E-state index contributed by atoms with van der Waals surface area (Å²) >= 11 is 0. The molecule has 2 N–H and O–H groups in total. The number of aliphatic hydroxyl groups excluding tert-OH is 1. The molecule has 0 radical (unpaired) electrons. The van der Waals surface area contributed by atoms with Gasteiger partial charge in [0.05, 0.1) is 21.3 Å². The van der Waals surface area contributed by atoms with Crippen LogP contribution in [0.15, 0.2) is 30.3 Å². The predicted molar refractivity (Wildman–Crippen MR) is 209 cm³/mol. The zero-order valence-corrected chi connectivity index (χ0v) is 34.6. The number of rotatable bonds is 20. The van der Waals surface area contributed by atoms with E-state index in [9.17, 15) is 69.8 Å². The van der Waals surface area contributed by atoms with Crippen molar-refractivity contribution in [3.05, 3.63) is 81.9 Å². The lowest BCUT2D eigenvalue weighted by Crippen LogP contribution is -2.62. The summed E-state index contributed by atoms with van der Waals surface area (Å²) in [5.41, 5.74) is 2.17. The highest BCUT2D eigenvalue weighted by Crippen LogP contribution is 2.49. The van der Waals surface area contributed by atoms with E-state index in [0.29, 0.717) is 39.9 Å². The molecule has 2 aromatic carbocycles. The molecule has 28 heteroatoms. The van der Waals surface area contributed by atoms with Crippen molar-refractivity contribution >= 4 is 35.5 Å². The van der Waals surface area contributed by atoms with Gasteiger partial charge in [-0.2, -0.15) is 0 Å². The summed E-state index contributed by atoms with van der Waals surface area (Å²) in [4.78, 5) is 87.3. The minimum absolute atomic E-state index is 0.0298. The molecule has 3 heterocycles. The number of benzene rings is 2. The number of aliphatic hydroxyl groups is 2. The second-order valence-electron chi connectivity index (χ2n) is 13.7. The maximum Gasteiger partial charge on any atom is 0.313 e. The van der Waals surface area contributed by atoms with Crippen LogP contribution in [0.2, 0.25) is 0 Å². The first-order valence-electron chi connectivity index (χ1n) is 19.0. The minimum atomic E-state index is -2.22. The Morgan fingerprint density at radius 3 is 1.72 bits per heavy atom. The largest absolute Gasteiger partial charge is 0.497 e. The molecule has 28 nitrogen and oxygen atoms in total. The van der Waals surface area contributed by atoms with Gasteiger partial charge in [0, 0.05) is 48.5 Å². The third-order valence-corrected chi connectivity index (χ3v) is 9.23. The normalized spacial score (nSPS) is 21.2. The Kier molecular flexibility index (Phi) is 17.6. The summed E-state index contributed by atoms with van der Waals surface area (Å²) in [6, 6.07) is 9.00. The van der Waals surface area contributed by atoms with Gasteiger partial charge in [0.25, 0.3) is 5.79 Å². The first-order valence-corrected chi connectivity index (χ1v) is 19.0. The van der Waals surface area contributed by atoms with Crippen LogP contribution in [0, 0.1) is 40.5 Å². The van der Waals surface area contributed by atoms with Crippen molar-refractivity contribution < 1.29 is 96.5 Å². The van der Waals surface area contributed by atoms with Crippen molar-refractivity contribution in [1.29, 1.82) is 0 Å². The van der Waals surface area contributed by atoms with E-state index in [1.54, 1.807) is 39.5 Å². The van der Waals surface area contributed by atoms with Crippen LogP contribution in [0.25, 0.3) is 11.6 Å². The Labute approximate surface area is 365 Å². The smallest absolute Gasteiger partial charge is 0.313 e. The van der Waals surface area contributed by atoms with Gasteiger partial charge in [-0.1, -0.05) is 0 Å². The van der Waals surface area contributed by atoms with Gasteiger partial charge in [-0.3, -0.25) is 59.6 Å². The Morgan fingerprint density at radius 1 is 0.692 bits per heavy atom. The molecule has 0 aliphatic carbocycles. The van der Waals surface area contributed by atoms with Crippen molar-refractivity contribution in [2.24, 2.45) is 0 Å². The summed E-state index contributed by atoms with van der Waals surface area (Å²) < 4.78 is 52.6.